The topological polar surface area (TPSA) is 45.7 Å². The van der Waals surface area contributed by atoms with Crippen molar-refractivity contribution in [2.24, 2.45) is 4.99 Å². The highest BCUT2D eigenvalue weighted by Crippen LogP contribution is 2.10. The van der Waals surface area contributed by atoms with Gasteiger partial charge >= 0.3 is 0 Å². The van der Waals surface area contributed by atoms with E-state index in [0.717, 1.165) is 25.3 Å². The normalized spacial score (nSPS) is 12.9. The largest absolute Gasteiger partial charge is 0.494 e. The summed E-state index contributed by atoms with van der Waals surface area (Å²) >= 11 is 0. The summed E-state index contributed by atoms with van der Waals surface area (Å²) in [6.45, 7) is 5.60. The number of nitrogens with zero attached hydrogens (tertiary/aromatic N) is 1. The third kappa shape index (κ3) is 6.41. The summed E-state index contributed by atoms with van der Waals surface area (Å²) < 4.78 is 18.2. The summed E-state index contributed by atoms with van der Waals surface area (Å²) in [5.74, 6) is 1.24. The molecule has 0 fully saturated rings. The Hall–Kier alpha value is -1.78. The zero-order valence-corrected chi connectivity index (χ0v) is 12.4. The van der Waals surface area contributed by atoms with E-state index in [9.17, 15) is 4.39 Å². The van der Waals surface area contributed by atoms with E-state index in [1.165, 1.54) is 12.1 Å². The maximum atomic E-state index is 12.7. The van der Waals surface area contributed by atoms with Gasteiger partial charge in [0.05, 0.1) is 6.61 Å². The minimum atomic E-state index is -0.251. The zero-order chi connectivity index (χ0) is 14.8. The van der Waals surface area contributed by atoms with Crippen molar-refractivity contribution in [3.05, 3.63) is 30.1 Å². The molecule has 112 valence electrons. The van der Waals surface area contributed by atoms with Crippen molar-refractivity contribution >= 4 is 5.96 Å². The van der Waals surface area contributed by atoms with Gasteiger partial charge in [-0.1, -0.05) is 6.92 Å². The molecule has 0 spiro atoms. The van der Waals surface area contributed by atoms with Crippen molar-refractivity contribution in [3.63, 3.8) is 0 Å². The van der Waals surface area contributed by atoms with Gasteiger partial charge in [0.25, 0.3) is 0 Å². The Bertz CT molecular complexity index is 406. The van der Waals surface area contributed by atoms with E-state index in [1.54, 1.807) is 19.2 Å². The van der Waals surface area contributed by atoms with E-state index in [0.29, 0.717) is 18.4 Å². The quantitative estimate of drug-likeness (QED) is 0.459. The van der Waals surface area contributed by atoms with Gasteiger partial charge < -0.3 is 15.4 Å². The lowest BCUT2D eigenvalue weighted by molar-refractivity contribution is 0.310. The Morgan fingerprint density at radius 2 is 2.05 bits per heavy atom. The van der Waals surface area contributed by atoms with Gasteiger partial charge in [-0.05, 0) is 44.0 Å². The molecule has 0 aliphatic carbocycles. The Kier molecular flexibility index (Phi) is 7.47. The molecule has 0 aliphatic heterocycles. The van der Waals surface area contributed by atoms with Gasteiger partial charge in [0.15, 0.2) is 5.96 Å². The molecule has 20 heavy (non-hydrogen) atoms. The number of guanidine groups is 1. The van der Waals surface area contributed by atoms with Crippen LogP contribution in [0, 0.1) is 5.82 Å². The predicted octanol–water partition coefficient (Wildman–Crippen LogP) is 2.56. The monoisotopic (exact) mass is 281 g/mol. The van der Waals surface area contributed by atoms with E-state index < -0.39 is 0 Å². The molecule has 0 bridgehead atoms. The smallest absolute Gasteiger partial charge is 0.191 e. The molecule has 1 unspecified atom stereocenters. The van der Waals surface area contributed by atoms with E-state index in [4.69, 9.17) is 4.74 Å². The van der Waals surface area contributed by atoms with Gasteiger partial charge in [-0.15, -0.1) is 0 Å². The second-order valence-electron chi connectivity index (χ2n) is 4.61. The van der Waals surface area contributed by atoms with Crippen LogP contribution in [-0.2, 0) is 0 Å². The maximum absolute atomic E-state index is 12.7. The van der Waals surface area contributed by atoms with E-state index in [1.807, 2.05) is 0 Å². The van der Waals surface area contributed by atoms with Crippen molar-refractivity contribution in [2.45, 2.75) is 32.7 Å². The van der Waals surface area contributed by atoms with Crippen molar-refractivity contribution in [1.29, 1.82) is 0 Å². The van der Waals surface area contributed by atoms with Gasteiger partial charge in [-0.2, -0.15) is 0 Å². The van der Waals surface area contributed by atoms with Gasteiger partial charge in [0.2, 0.25) is 0 Å². The molecule has 0 saturated carbocycles. The first kappa shape index (κ1) is 16.3. The van der Waals surface area contributed by atoms with Crippen LogP contribution in [-0.4, -0.2) is 32.2 Å². The number of benzene rings is 1. The van der Waals surface area contributed by atoms with Crippen molar-refractivity contribution in [2.75, 3.05) is 20.2 Å². The summed E-state index contributed by atoms with van der Waals surface area (Å²) in [5.41, 5.74) is 0. The minimum absolute atomic E-state index is 0.251. The van der Waals surface area contributed by atoms with Crippen LogP contribution in [0.2, 0.25) is 0 Å². The number of hydrogen-bond donors (Lipinski definition) is 2. The van der Waals surface area contributed by atoms with Crippen LogP contribution in [0.3, 0.4) is 0 Å². The molecular weight excluding hydrogens is 257 g/mol. The lowest BCUT2D eigenvalue weighted by atomic mass is 10.3. The maximum Gasteiger partial charge on any atom is 0.191 e. The van der Waals surface area contributed by atoms with Crippen LogP contribution >= 0.6 is 0 Å². The molecule has 0 radical (unpaired) electrons. The number of hydrogen-bond acceptors (Lipinski definition) is 2. The number of nitrogens with one attached hydrogen (secondary N) is 2. The highest BCUT2D eigenvalue weighted by molar-refractivity contribution is 5.79. The number of halogens is 1. The summed E-state index contributed by atoms with van der Waals surface area (Å²) in [5, 5.41) is 6.52. The fraction of sp³-hybridized carbons (Fsp3) is 0.533. The molecule has 1 aromatic rings. The minimum Gasteiger partial charge on any atom is -0.494 e. The molecule has 2 N–H and O–H groups in total. The summed E-state index contributed by atoms with van der Waals surface area (Å²) in [7, 11) is 1.76. The third-order valence-corrected chi connectivity index (χ3v) is 2.92. The van der Waals surface area contributed by atoms with Crippen LogP contribution in [0.1, 0.15) is 26.7 Å². The van der Waals surface area contributed by atoms with Gasteiger partial charge in [-0.25, -0.2) is 4.39 Å². The molecule has 1 rings (SSSR count). The zero-order valence-electron chi connectivity index (χ0n) is 12.4. The third-order valence-electron chi connectivity index (χ3n) is 2.92. The van der Waals surface area contributed by atoms with Crippen molar-refractivity contribution in [3.8, 4) is 5.75 Å². The Labute approximate surface area is 120 Å². The molecule has 4 nitrogen and oxygen atoms in total. The second kappa shape index (κ2) is 9.18. The molecular formula is C15H24FN3O. The second-order valence-corrected chi connectivity index (χ2v) is 4.61. The summed E-state index contributed by atoms with van der Waals surface area (Å²) in [6.07, 6.45) is 1.90. The van der Waals surface area contributed by atoms with E-state index in [-0.39, 0.29) is 5.82 Å². The molecule has 0 saturated heterocycles. The molecule has 1 atom stereocenters. The number of ether oxygens (including phenoxy) is 1. The summed E-state index contributed by atoms with van der Waals surface area (Å²) in [4.78, 5) is 4.15. The predicted molar refractivity (Wildman–Crippen MR) is 80.8 cm³/mol. The van der Waals surface area contributed by atoms with Gasteiger partial charge in [0, 0.05) is 19.6 Å². The van der Waals surface area contributed by atoms with Crippen LogP contribution in [0.15, 0.2) is 29.3 Å². The fourth-order valence-corrected chi connectivity index (χ4v) is 1.53. The number of rotatable bonds is 7. The van der Waals surface area contributed by atoms with E-state index >= 15 is 0 Å². The highest BCUT2D eigenvalue weighted by atomic mass is 19.1. The Morgan fingerprint density at radius 1 is 1.35 bits per heavy atom. The molecule has 0 aliphatic rings. The molecule has 0 amide bonds. The number of aliphatic imine (C=N–C) groups is 1. The standard InChI is InChI=1S/C15H24FN3O/c1-4-12(2)19-15(17-3)18-10-5-11-20-14-8-6-13(16)7-9-14/h6-9,12H,4-5,10-11H2,1-3H3,(H2,17,18,19). The van der Waals surface area contributed by atoms with Gasteiger partial charge in [-0.3, -0.25) is 4.99 Å². The molecule has 0 aromatic heterocycles. The molecule has 0 heterocycles. The van der Waals surface area contributed by atoms with Crippen molar-refractivity contribution in [1.82, 2.24) is 10.6 Å². The Morgan fingerprint density at radius 3 is 2.65 bits per heavy atom. The molecule has 5 heteroatoms. The van der Waals surface area contributed by atoms with Crippen LogP contribution in [0.4, 0.5) is 4.39 Å². The average molecular weight is 281 g/mol. The van der Waals surface area contributed by atoms with E-state index in [2.05, 4.69) is 29.5 Å². The van der Waals surface area contributed by atoms with Crippen molar-refractivity contribution < 1.29 is 9.13 Å². The van der Waals surface area contributed by atoms with Crippen LogP contribution in [0.25, 0.3) is 0 Å². The highest BCUT2D eigenvalue weighted by Gasteiger charge is 2.01. The van der Waals surface area contributed by atoms with Gasteiger partial charge in [0.1, 0.15) is 11.6 Å². The first-order valence-corrected chi connectivity index (χ1v) is 7.01. The molecule has 1 aromatic carbocycles. The lowest BCUT2D eigenvalue weighted by Gasteiger charge is -2.16. The first-order valence-electron chi connectivity index (χ1n) is 7.01. The van der Waals surface area contributed by atoms with Crippen LogP contribution < -0.4 is 15.4 Å². The average Bonchev–Trinajstić information content (AvgIpc) is 2.47. The van der Waals surface area contributed by atoms with Crippen LogP contribution in [0.5, 0.6) is 5.75 Å². The SMILES string of the molecule is CCC(C)NC(=NC)NCCCOc1ccc(F)cc1. The first-order chi connectivity index (χ1) is 9.65. The summed E-state index contributed by atoms with van der Waals surface area (Å²) in [6, 6.07) is 6.45. The lowest BCUT2D eigenvalue weighted by Crippen LogP contribution is -2.42. The Balaban J connectivity index is 2.16. The fourth-order valence-electron chi connectivity index (χ4n) is 1.53.